The first-order chi connectivity index (χ1) is 11.0. The van der Waals surface area contributed by atoms with Gasteiger partial charge in [-0.3, -0.25) is 10.00 Å². The van der Waals surface area contributed by atoms with Crippen molar-refractivity contribution in [1.82, 2.24) is 15.1 Å². The van der Waals surface area contributed by atoms with Gasteiger partial charge >= 0.3 is 0 Å². The van der Waals surface area contributed by atoms with Gasteiger partial charge in [-0.2, -0.15) is 5.10 Å². The highest BCUT2D eigenvalue weighted by Gasteiger charge is 2.29. The summed E-state index contributed by atoms with van der Waals surface area (Å²) in [7, 11) is -1.58. The van der Waals surface area contributed by atoms with Crippen molar-refractivity contribution in [3.63, 3.8) is 0 Å². The Balaban J connectivity index is 1.70. The molecule has 0 radical (unpaired) electrons. The van der Waals surface area contributed by atoms with E-state index in [4.69, 9.17) is 4.74 Å². The zero-order valence-electron chi connectivity index (χ0n) is 13.3. The van der Waals surface area contributed by atoms with E-state index in [-0.39, 0.29) is 5.92 Å². The Labute approximate surface area is 136 Å². The summed E-state index contributed by atoms with van der Waals surface area (Å²) in [6.07, 6.45) is 3.56. The SMILES string of the molecule is COc1cccc(CN2CC[C@@H](c3[nH]ncc3S(C)(=O)=O)C2)c1. The number of ether oxygens (including phenoxy) is 1. The largest absolute Gasteiger partial charge is 0.497 e. The molecule has 6 nitrogen and oxygen atoms in total. The van der Waals surface area contributed by atoms with Crippen LogP contribution in [0, 0.1) is 0 Å². The Hall–Kier alpha value is -1.86. The first-order valence-electron chi connectivity index (χ1n) is 7.56. The van der Waals surface area contributed by atoms with Gasteiger partial charge in [-0.05, 0) is 30.7 Å². The molecule has 1 aliphatic rings. The van der Waals surface area contributed by atoms with Crippen molar-refractivity contribution in [2.45, 2.75) is 23.8 Å². The van der Waals surface area contributed by atoms with Crippen LogP contribution in [0.1, 0.15) is 23.6 Å². The van der Waals surface area contributed by atoms with E-state index in [1.807, 2.05) is 18.2 Å². The molecule has 1 atom stereocenters. The predicted molar refractivity (Wildman–Crippen MR) is 87.3 cm³/mol. The van der Waals surface area contributed by atoms with Crippen molar-refractivity contribution in [3.8, 4) is 5.75 Å². The van der Waals surface area contributed by atoms with E-state index < -0.39 is 9.84 Å². The van der Waals surface area contributed by atoms with E-state index in [0.29, 0.717) is 4.90 Å². The minimum atomic E-state index is -3.24. The Morgan fingerprint density at radius 3 is 3.00 bits per heavy atom. The molecular weight excluding hydrogens is 314 g/mol. The van der Waals surface area contributed by atoms with Crippen LogP contribution in [0.25, 0.3) is 0 Å². The van der Waals surface area contributed by atoms with E-state index in [0.717, 1.165) is 37.5 Å². The molecule has 1 aliphatic heterocycles. The van der Waals surface area contributed by atoms with E-state index in [1.165, 1.54) is 18.0 Å². The van der Waals surface area contributed by atoms with Gasteiger partial charge in [0.1, 0.15) is 10.6 Å². The lowest BCUT2D eigenvalue weighted by atomic mass is 10.1. The zero-order chi connectivity index (χ0) is 16.4. The average Bonchev–Trinajstić information content (AvgIpc) is 3.15. The number of methoxy groups -OCH3 is 1. The number of nitrogens with zero attached hydrogens (tertiary/aromatic N) is 2. The molecule has 1 saturated heterocycles. The van der Waals surface area contributed by atoms with Crippen molar-refractivity contribution in [2.24, 2.45) is 0 Å². The summed E-state index contributed by atoms with van der Waals surface area (Å²) in [5.41, 5.74) is 1.93. The summed E-state index contributed by atoms with van der Waals surface area (Å²) in [6.45, 7) is 2.59. The minimum Gasteiger partial charge on any atom is -0.497 e. The lowest BCUT2D eigenvalue weighted by molar-refractivity contribution is 0.325. The van der Waals surface area contributed by atoms with Crippen LogP contribution >= 0.6 is 0 Å². The van der Waals surface area contributed by atoms with Crippen molar-refractivity contribution in [2.75, 3.05) is 26.5 Å². The molecule has 23 heavy (non-hydrogen) atoms. The predicted octanol–water partition coefficient (Wildman–Crippen LogP) is 1.81. The molecule has 0 spiro atoms. The van der Waals surface area contributed by atoms with Gasteiger partial charge in [0.25, 0.3) is 0 Å². The van der Waals surface area contributed by atoms with Crippen molar-refractivity contribution < 1.29 is 13.2 Å². The van der Waals surface area contributed by atoms with Crippen LogP contribution in [0.3, 0.4) is 0 Å². The van der Waals surface area contributed by atoms with Gasteiger partial charge in [-0.25, -0.2) is 8.42 Å². The van der Waals surface area contributed by atoms with Gasteiger partial charge in [-0.1, -0.05) is 12.1 Å². The lowest BCUT2D eigenvalue weighted by Crippen LogP contribution is -2.20. The summed E-state index contributed by atoms with van der Waals surface area (Å²) in [5.74, 6) is 1.03. The van der Waals surface area contributed by atoms with Crippen LogP contribution in [-0.2, 0) is 16.4 Å². The molecule has 0 saturated carbocycles. The van der Waals surface area contributed by atoms with E-state index in [9.17, 15) is 8.42 Å². The van der Waals surface area contributed by atoms with Gasteiger partial charge in [0, 0.05) is 25.3 Å². The van der Waals surface area contributed by atoms with Crippen LogP contribution in [-0.4, -0.2) is 50.0 Å². The quantitative estimate of drug-likeness (QED) is 0.902. The number of aromatic amines is 1. The number of likely N-dealkylation sites (tertiary alicyclic amines) is 1. The molecule has 1 fully saturated rings. The van der Waals surface area contributed by atoms with E-state index >= 15 is 0 Å². The van der Waals surface area contributed by atoms with Crippen LogP contribution < -0.4 is 4.74 Å². The summed E-state index contributed by atoms with van der Waals surface area (Å²) >= 11 is 0. The van der Waals surface area contributed by atoms with Crippen molar-refractivity contribution >= 4 is 9.84 Å². The number of aromatic nitrogens is 2. The van der Waals surface area contributed by atoms with Crippen LogP contribution in [0.4, 0.5) is 0 Å². The van der Waals surface area contributed by atoms with E-state index in [1.54, 1.807) is 7.11 Å². The maximum absolute atomic E-state index is 11.8. The minimum absolute atomic E-state index is 0.174. The van der Waals surface area contributed by atoms with Crippen LogP contribution in [0.15, 0.2) is 35.4 Å². The normalized spacial score (nSPS) is 19.1. The third kappa shape index (κ3) is 3.56. The number of hydrogen-bond donors (Lipinski definition) is 1. The number of H-pyrrole nitrogens is 1. The molecule has 7 heteroatoms. The molecule has 0 unspecified atom stereocenters. The first-order valence-corrected chi connectivity index (χ1v) is 9.45. The highest BCUT2D eigenvalue weighted by atomic mass is 32.2. The zero-order valence-corrected chi connectivity index (χ0v) is 14.1. The second-order valence-electron chi connectivity index (χ2n) is 5.99. The second kappa shape index (κ2) is 6.33. The smallest absolute Gasteiger partial charge is 0.178 e. The molecule has 1 N–H and O–H groups in total. The molecule has 124 valence electrons. The third-order valence-corrected chi connectivity index (χ3v) is 5.38. The summed E-state index contributed by atoms with van der Waals surface area (Å²) in [6, 6.07) is 8.02. The Morgan fingerprint density at radius 2 is 2.26 bits per heavy atom. The molecule has 2 heterocycles. The molecule has 0 amide bonds. The first kappa shape index (κ1) is 16.0. The second-order valence-corrected chi connectivity index (χ2v) is 7.98. The fourth-order valence-electron chi connectivity index (χ4n) is 3.11. The molecule has 0 bridgehead atoms. The van der Waals surface area contributed by atoms with Crippen molar-refractivity contribution in [1.29, 1.82) is 0 Å². The number of benzene rings is 1. The third-order valence-electron chi connectivity index (χ3n) is 4.25. The molecule has 2 aromatic rings. The molecule has 3 rings (SSSR count). The maximum Gasteiger partial charge on any atom is 0.178 e. The van der Waals surface area contributed by atoms with Gasteiger partial charge in [0.15, 0.2) is 9.84 Å². The maximum atomic E-state index is 11.8. The fourth-order valence-corrected chi connectivity index (χ4v) is 3.97. The number of sulfone groups is 1. The van der Waals surface area contributed by atoms with Crippen molar-refractivity contribution in [3.05, 3.63) is 41.7 Å². The standard InChI is InChI=1S/C16H21N3O3S/c1-22-14-5-3-4-12(8-14)10-19-7-6-13(11-19)16-15(9-17-18-16)23(2,20)21/h3-5,8-9,13H,6-7,10-11H2,1-2H3,(H,17,18)/t13-/m1/s1. The summed E-state index contributed by atoms with van der Waals surface area (Å²) < 4.78 is 28.9. The lowest BCUT2D eigenvalue weighted by Gasteiger charge is -2.16. The Bertz CT molecular complexity index is 785. The van der Waals surface area contributed by atoms with Gasteiger partial charge in [-0.15, -0.1) is 0 Å². The van der Waals surface area contributed by atoms with Gasteiger partial charge in [0.05, 0.1) is 19.0 Å². The molecule has 1 aromatic carbocycles. The van der Waals surface area contributed by atoms with Crippen LogP contribution in [0.5, 0.6) is 5.75 Å². The number of nitrogens with one attached hydrogen (secondary N) is 1. The molecular formula is C16H21N3O3S. The highest BCUT2D eigenvalue weighted by Crippen LogP contribution is 2.31. The number of rotatable bonds is 5. The highest BCUT2D eigenvalue weighted by molar-refractivity contribution is 7.90. The summed E-state index contributed by atoms with van der Waals surface area (Å²) in [4.78, 5) is 2.65. The van der Waals surface area contributed by atoms with Gasteiger partial charge in [0.2, 0.25) is 0 Å². The Morgan fingerprint density at radius 1 is 1.43 bits per heavy atom. The topological polar surface area (TPSA) is 75.3 Å². The van der Waals surface area contributed by atoms with E-state index in [2.05, 4.69) is 21.2 Å². The Kier molecular flexibility index (Phi) is 4.41. The monoisotopic (exact) mass is 335 g/mol. The number of hydrogen-bond acceptors (Lipinski definition) is 5. The fraction of sp³-hybridized carbons (Fsp3) is 0.438. The average molecular weight is 335 g/mol. The van der Waals surface area contributed by atoms with Gasteiger partial charge < -0.3 is 4.74 Å². The molecule has 0 aliphatic carbocycles. The molecule has 1 aromatic heterocycles. The van der Waals surface area contributed by atoms with Crippen LogP contribution in [0.2, 0.25) is 0 Å². The summed E-state index contributed by atoms with van der Waals surface area (Å²) in [5, 5.41) is 6.81.